The molecule has 0 aliphatic carbocycles. The number of ether oxygens (including phenoxy) is 1. The molecule has 0 radical (unpaired) electrons. The summed E-state index contributed by atoms with van der Waals surface area (Å²) in [6, 6.07) is 6.47. The molecule has 4 N–H and O–H groups in total. The Morgan fingerprint density at radius 2 is 1.86 bits per heavy atom. The lowest BCUT2D eigenvalue weighted by atomic mass is 10.3. The van der Waals surface area contributed by atoms with Crippen LogP contribution in [0, 0.1) is 0 Å². The van der Waals surface area contributed by atoms with E-state index in [4.69, 9.17) is 10.5 Å². The number of hydrogen-bond acceptors (Lipinski definition) is 5. The van der Waals surface area contributed by atoms with Gasteiger partial charge in [0, 0.05) is 18.8 Å². The number of sulfonamides is 1. The van der Waals surface area contributed by atoms with Crippen molar-refractivity contribution in [3.05, 3.63) is 24.3 Å². The minimum absolute atomic E-state index is 0. The Morgan fingerprint density at radius 3 is 2.36 bits per heavy atom. The van der Waals surface area contributed by atoms with Crippen molar-refractivity contribution in [2.45, 2.75) is 20.0 Å². The molecule has 126 valence electrons. The smallest absolute Gasteiger partial charge is 0.241 e. The van der Waals surface area contributed by atoms with Gasteiger partial charge in [0.15, 0.2) is 0 Å². The molecule has 0 fully saturated rings. The van der Waals surface area contributed by atoms with E-state index < -0.39 is 21.7 Å². The van der Waals surface area contributed by atoms with Gasteiger partial charge >= 0.3 is 0 Å². The minimum Gasteiger partial charge on any atom is -0.491 e. The van der Waals surface area contributed by atoms with Gasteiger partial charge in [-0.2, -0.15) is 0 Å². The van der Waals surface area contributed by atoms with Gasteiger partial charge < -0.3 is 15.8 Å². The SMILES string of the molecule is CC(C)Oc1ccc(NS(=O)(=O)CC(=O)NCCN)cc1.Cl. The van der Waals surface area contributed by atoms with Crippen LogP contribution in [0.2, 0.25) is 0 Å². The monoisotopic (exact) mass is 351 g/mol. The van der Waals surface area contributed by atoms with Crippen LogP contribution in [-0.2, 0) is 14.8 Å². The zero-order chi connectivity index (χ0) is 15.9. The first-order valence-electron chi connectivity index (χ1n) is 6.56. The van der Waals surface area contributed by atoms with E-state index in [2.05, 4.69) is 10.0 Å². The largest absolute Gasteiger partial charge is 0.491 e. The topological polar surface area (TPSA) is 111 Å². The molecule has 1 amide bonds. The molecule has 0 aliphatic heterocycles. The molecule has 0 aliphatic rings. The Morgan fingerprint density at radius 1 is 1.27 bits per heavy atom. The molecule has 1 rings (SSSR count). The fourth-order valence-corrected chi connectivity index (χ4v) is 2.54. The summed E-state index contributed by atoms with van der Waals surface area (Å²) in [5, 5.41) is 2.40. The van der Waals surface area contributed by atoms with Crippen LogP contribution in [0.4, 0.5) is 5.69 Å². The van der Waals surface area contributed by atoms with Crippen LogP contribution < -0.4 is 20.5 Å². The number of carbonyl (C=O) groups excluding carboxylic acids is 1. The lowest BCUT2D eigenvalue weighted by molar-refractivity contribution is -0.118. The quantitative estimate of drug-likeness (QED) is 0.639. The van der Waals surface area contributed by atoms with Crippen LogP contribution >= 0.6 is 12.4 Å². The van der Waals surface area contributed by atoms with Crippen molar-refractivity contribution in [1.29, 1.82) is 0 Å². The number of carbonyl (C=O) groups is 1. The van der Waals surface area contributed by atoms with Crippen LogP contribution in [0.3, 0.4) is 0 Å². The van der Waals surface area contributed by atoms with E-state index in [1.54, 1.807) is 24.3 Å². The van der Waals surface area contributed by atoms with Gasteiger partial charge in [-0.3, -0.25) is 9.52 Å². The van der Waals surface area contributed by atoms with Crippen molar-refractivity contribution in [1.82, 2.24) is 5.32 Å². The van der Waals surface area contributed by atoms with E-state index in [-0.39, 0.29) is 31.6 Å². The molecule has 22 heavy (non-hydrogen) atoms. The summed E-state index contributed by atoms with van der Waals surface area (Å²) in [5.41, 5.74) is 5.59. The maximum Gasteiger partial charge on any atom is 0.241 e. The average Bonchev–Trinajstić information content (AvgIpc) is 2.37. The van der Waals surface area contributed by atoms with Gasteiger partial charge in [0.25, 0.3) is 0 Å². The van der Waals surface area contributed by atoms with Crippen LogP contribution in [-0.4, -0.2) is 39.3 Å². The summed E-state index contributed by atoms with van der Waals surface area (Å²) in [6.07, 6.45) is 0.0405. The molecule has 0 atom stereocenters. The summed E-state index contributed by atoms with van der Waals surface area (Å²) in [4.78, 5) is 11.4. The van der Waals surface area contributed by atoms with Gasteiger partial charge in [-0.05, 0) is 38.1 Å². The molecule has 0 unspecified atom stereocenters. The molecule has 0 saturated heterocycles. The van der Waals surface area contributed by atoms with E-state index in [9.17, 15) is 13.2 Å². The maximum atomic E-state index is 11.8. The van der Waals surface area contributed by atoms with Gasteiger partial charge in [-0.1, -0.05) is 0 Å². The zero-order valence-electron chi connectivity index (χ0n) is 12.5. The normalized spacial score (nSPS) is 10.7. The fourth-order valence-electron chi connectivity index (χ4n) is 1.52. The molecule has 0 spiro atoms. The second kappa shape index (κ2) is 9.50. The fraction of sp³-hybridized carbons (Fsp3) is 0.462. The summed E-state index contributed by atoms with van der Waals surface area (Å²) >= 11 is 0. The van der Waals surface area contributed by atoms with E-state index in [0.717, 1.165) is 0 Å². The molecular formula is C13H22ClN3O4S. The summed E-state index contributed by atoms with van der Waals surface area (Å²) < 4.78 is 31.4. The molecule has 0 aromatic heterocycles. The third kappa shape index (κ3) is 8.06. The number of nitrogens with two attached hydrogens (primary N) is 1. The van der Waals surface area contributed by atoms with E-state index in [1.807, 2.05) is 13.8 Å². The molecule has 7 nitrogen and oxygen atoms in total. The number of anilines is 1. The van der Waals surface area contributed by atoms with Gasteiger partial charge in [0.05, 0.1) is 6.10 Å². The molecule has 1 aromatic carbocycles. The van der Waals surface area contributed by atoms with Gasteiger partial charge in [0.2, 0.25) is 15.9 Å². The number of amides is 1. The summed E-state index contributed by atoms with van der Waals surface area (Å²) in [5.74, 6) is -0.585. The maximum absolute atomic E-state index is 11.8. The van der Waals surface area contributed by atoms with Crippen LogP contribution in [0.25, 0.3) is 0 Å². The molecular weight excluding hydrogens is 330 g/mol. The number of halogens is 1. The minimum atomic E-state index is -3.74. The predicted molar refractivity (Wildman–Crippen MR) is 88.9 cm³/mol. The predicted octanol–water partition coefficient (Wildman–Crippen LogP) is 0.712. The molecule has 1 aromatic rings. The van der Waals surface area contributed by atoms with Crippen molar-refractivity contribution in [2.75, 3.05) is 23.6 Å². The second-order valence-corrected chi connectivity index (χ2v) is 6.41. The summed E-state index contributed by atoms with van der Waals surface area (Å²) in [6.45, 7) is 4.30. The highest BCUT2D eigenvalue weighted by Gasteiger charge is 2.16. The van der Waals surface area contributed by atoms with Crippen LogP contribution in [0.15, 0.2) is 24.3 Å². The highest BCUT2D eigenvalue weighted by atomic mass is 35.5. The number of hydrogen-bond donors (Lipinski definition) is 3. The Labute approximate surface area is 137 Å². The van der Waals surface area contributed by atoms with Crippen molar-refractivity contribution in [2.24, 2.45) is 5.73 Å². The Hall–Kier alpha value is -1.51. The van der Waals surface area contributed by atoms with Crippen molar-refractivity contribution < 1.29 is 17.9 Å². The van der Waals surface area contributed by atoms with Crippen molar-refractivity contribution >= 4 is 34.0 Å². The lowest BCUT2D eigenvalue weighted by Gasteiger charge is -2.11. The van der Waals surface area contributed by atoms with Gasteiger partial charge in [-0.25, -0.2) is 8.42 Å². The third-order valence-corrected chi connectivity index (χ3v) is 3.48. The number of benzene rings is 1. The van der Waals surface area contributed by atoms with E-state index in [1.165, 1.54) is 0 Å². The first-order valence-corrected chi connectivity index (χ1v) is 8.21. The first-order chi connectivity index (χ1) is 9.82. The Kier molecular flexibility index (Phi) is 8.84. The van der Waals surface area contributed by atoms with E-state index in [0.29, 0.717) is 11.4 Å². The number of rotatable bonds is 8. The second-order valence-electron chi connectivity index (χ2n) is 4.69. The van der Waals surface area contributed by atoms with Crippen molar-refractivity contribution in [3.8, 4) is 5.75 Å². The van der Waals surface area contributed by atoms with Gasteiger partial charge in [-0.15, -0.1) is 12.4 Å². The van der Waals surface area contributed by atoms with Crippen molar-refractivity contribution in [3.63, 3.8) is 0 Å². The molecule has 0 heterocycles. The highest BCUT2D eigenvalue weighted by Crippen LogP contribution is 2.17. The Bertz CT molecular complexity index is 561. The van der Waals surface area contributed by atoms with E-state index >= 15 is 0 Å². The Balaban J connectivity index is 0.00000441. The summed E-state index contributed by atoms with van der Waals surface area (Å²) in [7, 11) is -3.74. The lowest BCUT2D eigenvalue weighted by Crippen LogP contribution is -2.35. The van der Waals surface area contributed by atoms with Gasteiger partial charge in [0.1, 0.15) is 11.5 Å². The molecule has 9 heteroatoms. The number of nitrogens with one attached hydrogen (secondary N) is 2. The molecule has 0 saturated carbocycles. The molecule has 0 bridgehead atoms. The first kappa shape index (κ1) is 20.5. The third-order valence-electron chi connectivity index (χ3n) is 2.29. The van der Waals surface area contributed by atoms with Crippen LogP contribution in [0.5, 0.6) is 5.75 Å². The standard InChI is InChI=1S/C13H21N3O4S.ClH/c1-10(2)20-12-5-3-11(4-6-12)16-21(18,19)9-13(17)15-8-7-14;/h3-6,10,16H,7-9,14H2,1-2H3,(H,15,17);1H. The zero-order valence-corrected chi connectivity index (χ0v) is 14.2. The highest BCUT2D eigenvalue weighted by molar-refractivity contribution is 7.93. The average molecular weight is 352 g/mol. The van der Waals surface area contributed by atoms with Crippen LogP contribution in [0.1, 0.15) is 13.8 Å².